The van der Waals surface area contributed by atoms with Crippen molar-refractivity contribution in [3.05, 3.63) is 0 Å². The summed E-state index contributed by atoms with van der Waals surface area (Å²) in [6.07, 6.45) is 0.931. The van der Waals surface area contributed by atoms with Crippen LogP contribution < -0.4 is 5.32 Å². The minimum atomic E-state index is 0.0138. The molecule has 0 aliphatic carbocycles. The molecule has 6 nitrogen and oxygen atoms in total. The Morgan fingerprint density at radius 3 is 2.52 bits per heavy atom. The summed E-state index contributed by atoms with van der Waals surface area (Å²) in [4.78, 5) is 29.9. The molecular formula is C15H30N4O2. The van der Waals surface area contributed by atoms with Gasteiger partial charge in [0, 0.05) is 52.7 Å². The van der Waals surface area contributed by atoms with Crippen LogP contribution in [0, 0.1) is 5.92 Å². The Labute approximate surface area is 128 Å². The van der Waals surface area contributed by atoms with Crippen molar-refractivity contribution in [2.45, 2.75) is 20.3 Å². The quantitative estimate of drug-likeness (QED) is 0.741. The van der Waals surface area contributed by atoms with Crippen molar-refractivity contribution in [3.8, 4) is 0 Å². The number of nitrogens with one attached hydrogen (secondary N) is 1. The first kappa shape index (κ1) is 17.9. The van der Waals surface area contributed by atoms with E-state index in [1.807, 2.05) is 18.7 Å². The Morgan fingerprint density at radius 1 is 1.19 bits per heavy atom. The highest BCUT2D eigenvalue weighted by Crippen LogP contribution is 2.08. The topological polar surface area (TPSA) is 55.9 Å². The Kier molecular flexibility index (Phi) is 7.67. The first-order valence-corrected chi connectivity index (χ1v) is 7.87. The van der Waals surface area contributed by atoms with Gasteiger partial charge in [-0.3, -0.25) is 14.5 Å². The van der Waals surface area contributed by atoms with Gasteiger partial charge in [0.2, 0.25) is 11.8 Å². The zero-order valence-corrected chi connectivity index (χ0v) is 13.9. The number of nitrogens with zero attached hydrogens (tertiary/aromatic N) is 3. The standard InChI is InChI=1S/C15H30N4O2/c1-5-16-11-13(2)15(21)19-8-6-7-18(9-10-19)12-14(20)17(3)4/h13,16H,5-12H2,1-4H3. The van der Waals surface area contributed by atoms with Gasteiger partial charge >= 0.3 is 0 Å². The summed E-state index contributed by atoms with van der Waals surface area (Å²) < 4.78 is 0. The average molecular weight is 298 g/mol. The van der Waals surface area contributed by atoms with Crippen LogP contribution in [0.25, 0.3) is 0 Å². The Morgan fingerprint density at radius 2 is 1.90 bits per heavy atom. The van der Waals surface area contributed by atoms with Crippen molar-refractivity contribution in [1.82, 2.24) is 20.0 Å². The average Bonchev–Trinajstić information content (AvgIpc) is 2.69. The lowest BCUT2D eigenvalue weighted by Gasteiger charge is -2.25. The van der Waals surface area contributed by atoms with Crippen LogP contribution in [0.3, 0.4) is 0 Å². The lowest BCUT2D eigenvalue weighted by molar-refractivity contribution is -0.134. The van der Waals surface area contributed by atoms with Gasteiger partial charge in [0.1, 0.15) is 0 Å². The highest BCUT2D eigenvalue weighted by molar-refractivity contribution is 5.79. The van der Waals surface area contributed by atoms with Crippen LogP contribution in [0.1, 0.15) is 20.3 Å². The van der Waals surface area contributed by atoms with Gasteiger partial charge in [0.05, 0.1) is 6.54 Å². The summed E-state index contributed by atoms with van der Waals surface area (Å²) in [5, 5.41) is 3.22. The fraction of sp³-hybridized carbons (Fsp3) is 0.867. The molecule has 1 atom stereocenters. The maximum atomic E-state index is 12.4. The normalized spacial score (nSPS) is 18.2. The van der Waals surface area contributed by atoms with Crippen LogP contribution in [0.2, 0.25) is 0 Å². The molecular weight excluding hydrogens is 268 g/mol. The van der Waals surface area contributed by atoms with Gasteiger partial charge in [-0.1, -0.05) is 13.8 Å². The van der Waals surface area contributed by atoms with Gasteiger partial charge in [-0.2, -0.15) is 0 Å². The molecule has 0 aromatic rings. The molecule has 1 N–H and O–H groups in total. The van der Waals surface area contributed by atoms with E-state index in [1.165, 1.54) is 0 Å². The molecule has 0 saturated carbocycles. The monoisotopic (exact) mass is 298 g/mol. The van der Waals surface area contributed by atoms with Crippen molar-refractivity contribution in [3.63, 3.8) is 0 Å². The third kappa shape index (κ3) is 6.01. The van der Waals surface area contributed by atoms with Crippen LogP contribution >= 0.6 is 0 Å². The summed E-state index contributed by atoms with van der Waals surface area (Å²) in [7, 11) is 3.55. The number of likely N-dealkylation sites (N-methyl/N-ethyl adjacent to an activating group) is 1. The van der Waals surface area contributed by atoms with Crippen LogP contribution in [0.15, 0.2) is 0 Å². The third-order valence-electron chi connectivity index (χ3n) is 3.88. The number of carbonyl (C=O) groups is 2. The van der Waals surface area contributed by atoms with Gasteiger partial charge in [0.15, 0.2) is 0 Å². The molecule has 0 aromatic heterocycles. The van der Waals surface area contributed by atoms with E-state index in [1.54, 1.807) is 19.0 Å². The Bertz CT molecular complexity index is 347. The number of hydrogen-bond donors (Lipinski definition) is 1. The molecule has 1 rings (SSSR count). The van der Waals surface area contributed by atoms with Crippen molar-refractivity contribution >= 4 is 11.8 Å². The molecule has 122 valence electrons. The number of rotatable bonds is 6. The summed E-state index contributed by atoms with van der Waals surface area (Å²) in [6.45, 7) is 9.25. The van der Waals surface area contributed by atoms with Gasteiger partial charge in [-0.05, 0) is 13.0 Å². The van der Waals surface area contributed by atoms with Crippen molar-refractivity contribution < 1.29 is 9.59 Å². The Hall–Kier alpha value is -1.14. The van der Waals surface area contributed by atoms with Crippen molar-refractivity contribution in [2.24, 2.45) is 5.92 Å². The molecule has 6 heteroatoms. The first-order chi connectivity index (χ1) is 9.95. The second-order valence-electron chi connectivity index (χ2n) is 5.95. The summed E-state index contributed by atoms with van der Waals surface area (Å²) in [5.41, 5.74) is 0. The number of carbonyl (C=O) groups excluding carboxylic acids is 2. The molecule has 21 heavy (non-hydrogen) atoms. The van der Waals surface area contributed by atoms with E-state index in [2.05, 4.69) is 10.2 Å². The molecule has 1 fully saturated rings. The Balaban J connectivity index is 2.44. The van der Waals surface area contributed by atoms with Crippen LogP contribution in [-0.2, 0) is 9.59 Å². The van der Waals surface area contributed by atoms with Crippen LogP contribution in [0.4, 0.5) is 0 Å². The number of hydrogen-bond acceptors (Lipinski definition) is 4. The molecule has 0 spiro atoms. The zero-order valence-electron chi connectivity index (χ0n) is 13.9. The highest BCUT2D eigenvalue weighted by atomic mass is 16.2. The maximum absolute atomic E-state index is 12.4. The largest absolute Gasteiger partial charge is 0.348 e. The first-order valence-electron chi connectivity index (χ1n) is 7.87. The molecule has 1 heterocycles. The predicted molar refractivity (Wildman–Crippen MR) is 84.0 cm³/mol. The molecule has 1 unspecified atom stereocenters. The second-order valence-corrected chi connectivity index (χ2v) is 5.95. The third-order valence-corrected chi connectivity index (χ3v) is 3.88. The smallest absolute Gasteiger partial charge is 0.236 e. The zero-order chi connectivity index (χ0) is 15.8. The minimum Gasteiger partial charge on any atom is -0.348 e. The minimum absolute atomic E-state index is 0.0138. The highest BCUT2D eigenvalue weighted by Gasteiger charge is 2.23. The molecule has 2 amide bonds. The van der Waals surface area contributed by atoms with Gasteiger partial charge < -0.3 is 15.1 Å². The lowest BCUT2D eigenvalue weighted by Crippen LogP contribution is -2.42. The summed E-state index contributed by atoms with van der Waals surface area (Å²) in [5.74, 6) is 0.354. The fourth-order valence-electron chi connectivity index (χ4n) is 2.44. The molecule has 0 aromatic carbocycles. The lowest BCUT2D eigenvalue weighted by atomic mass is 10.1. The van der Waals surface area contributed by atoms with Crippen molar-refractivity contribution in [2.75, 3.05) is 59.9 Å². The molecule has 0 bridgehead atoms. The van der Waals surface area contributed by atoms with Crippen molar-refractivity contribution in [1.29, 1.82) is 0 Å². The van der Waals surface area contributed by atoms with E-state index < -0.39 is 0 Å². The van der Waals surface area contributed by atoms with E-state index in [9.17, 15) is 9.59 Å². The summed E-state index contributed by atoms with van der Waals surface area (Å²) >= 11 is 0. The van der Waals surface area contributed by atoms with Gasteiger partial charge in [-0.15, -0.1) is 0 Å². The van der Waals surface area contributed by atoms with E-state index in [0.717, 1.165) is 45.7 Å². The second kappa shape index (κ2) is 9.00. The van der Waals surface area contributed by atoms with E-state index >= 15 is 0 Å². The van der Waals surface area contributed by atoms with Gasteiger partial charge in [0.25, 0.3) is 0 Å². The maximum Gasteiger partial charge on any atom is 0.236 e. The fourth-order valence-corrected chi connectivity index (χ4v) is 2.44. The molecule has 0 radical (unpaired) electrons. The summed E-state index contributed by atoms with van der Waals surface area (Å²) in [6, 6.07) is 0. The molecule has 1 saturated heterocycles. The van der Waals surface area contributed by atoms with E-state index in [0.29, 0.717) is 6.54 Å². The van der Waals surface area contributed by atoms with Crippen LogP contribution in [0.5, 0.6) is 0 Å². The SMILES string of the molecule is CCNCC(C)C(=O)N1CCCN(CC(=O)N(C)C)CC1. The molecule has 1 aliphatic rings. The van der Waals surface area contributed by atoms with Crippen LogP contribution in [-0.4, -0.2) is 86.4 Å². The van der Waals surface area contributed by atoms with Gasteiger partial charge in [-0.25, -0.2) is 0 Å². The van der Waals surface area contributed by atoms with E-state index in [-0.39, 0.29) is 17.7 Å². The predicted octanol–water partition coefficient (Wildman–Crippen LogP) is -0.145. The van der Waals surface area contributed by atoms with E-state index in [4.69, 9.17) is 0 Å². The molecule has 1 aliphatic heterocycles. The number of amides is 2.